The summed E-state index contributed by atoms with van der Waals surface area (Å²) < 4.78 is 42.7. The minimum atomic E-state index is -4.45. The van der Waals surface area contributed by atoms with Gasteiger partial charge in [-0.2, -0.15) is 13.2 Å². The summed E-state index contributed by atoms with van der Waals surface area (Å²) in [5.41, 5.74) is -0.834. The number of para-hydroxylation sites is 1. The van der Waals surface area contributed by atoms with Crippen molar-refractivity contribution in [3.05, 3.63) is 29.8 Å². The second-order valence-electron chi connectivity index (χ2n) is 3.26. The Morgan fingerprint density at radius 2 is 1.81 bits per heavy atom. The van der Waals surface area contributed by atoms with Gasteiger partial charge in [0.2, 0.25) is 0 Å². The van der Waals surface area contributed by atoms with E-state index in [2.05, 4.69) is 0 Å². The van der Waals surface area contributed by atoms with Gasteiger partial charge in [-0.1, -0.05) is 12.1 Å². The number of rotatable bonds is 1. The number of benzene rings is 1. The highest BCUT2D eigenvalue weighted by atomic mass is 32.1. The van der Waals surface area contributed by atoms with Gasteiger partial charge in [-0.25, -0.2) is 0 Å². The van der Waals surface area contributed by atoms with Crippen LogP contribution in [0.25, 0.3) is 0 Å². The molecular formula is C10H10F3NOS. The molecule has 0 aliphatic rings. The molecule has 0 saturated carbocycles. The van der Waals surface area contributed by atoms with E-state index in [1.165, 1.54) is 23.1 Å². The zero-order chi connectivity index (χ0) is 12.3. The molecule has 0 unspecified atom stereocenters. The molecule has 0 aliphatic carbocycles. The maximum Gasteiger partial charge on any atom is 0.419 e. The fourth-order valence-electron chi connectivity index (χ4n) is 0.975. The Bertz CT molecular complexity index is 390. The minimum Gasteiger partial charge on any atom is -0.431 e. The van der Waals surface area contributed by atoms with Gasteiger partial charge in [0.1, 0.15) is 5.75 Å². The molecule has 0 saturated heterocycles. The van der Waals surface area contributed by atoms with Crippen LogP contribution >= 0.6 is 12.2 Å². The second kappa shape index (κ2) is 4.69. The predicted octanol–water partition coefficient (Wildman–Crippen LogP) is 2.93. The Labute approximate surface area is 96.6 Å². The first-order valence-electron chi connectivity index (χ1n) is 4.37. The van der Waals surface area contributed by atoms with Crippen molar-refractivity contribution in [3.63, 3.8) is 0 Å². The summed E-state index contributed by atoms with van der Waals surface area (Å²) in [6.07, 6.45) is -4.45. The maximum atomic E-state index is 12.6. The second-order valence-corrected chi connectivity index (χ2v) is 3.61. The van der Waals surface area contributed by atoms with E-state index in [9.17, 15) is 13.2 Å². The number of hydrogen-bond acceptors (Lipinski definition) is 2. The highest BCUT2D eigenvalue weighted by Gasteiger charge is 2.34. The molecule has 0 radical (unpaired) electrons. The molecule has 88 valence electrons. The Kier molecular flexibility index (Phi) is 3.74. The summed E-state index contributed by atoms with van der Waals surface area (Å²) in [5, 5.41) is -0.0169. The van der Waals surface area contributed by atoms with Gasteiger partial charge in [0.15, 0.2) is 0 Å². The first-order chi connectivity index (χ1) is 7.32. The van der Waals surface area contributed by atoms with Gasteiger partial charge in [0.05, 0.1) is 5.56 Å². The Balaban J connectivity index is 3.01. The molecule has 16 heavy (non-hydrogen) atoms. The fraction of sp³-hybridized carbons (Fsp3) is 0.300. The average molecular weight is 249 g/mol. The van der Waals surface area contributed by atoms with E-state index in [0.29, 0.717) is 0 Å². The van der Waals surface area contributed by atoms with Crippen LogP contribution in [0.5, 0.6) is 5.75 Å². The zero-order valence-corrected chi connectivity index (χ0v) is 9.52. The van der Waals surface area contributed by atoms with Crippen molar-refractivity contribution in [2.24, 2.45) is 0 Å². The highest BCUT2D eigenvalue weighted by Crippen LogP contribution is 2.35. The molecule has 0 spiro atoms. The van der Waals surface area contributed by atoms with Gasteiger partial charge in [-0.3, -0.25) is 0 Å². The molecule has 6 heteroatoms. The number of halogens is 3. The minimum absolute atomic E-state index is 0.0169. The van der Waals surface area contributed by atoms with Crippen molar-refractivity contribution in [2.75, 3.05) is 14.1 Å². The maximum absolute atomic E-state index is 12.6. The van der Waals surface area contributed by atoms with E-state index < -0.39 is 11.7 Å². The lowest BCUT2D eigenvalue weighted by Gasteiger charge is -2.17. The van der Waals surface area contributed by atoms with Crippen LogP contribution in [-0.4, -0.2) is 24.2 Å². The monoisotopic (exact) mass is 249 g/mol. The van der Waals surface area contributed by atoms with Crippen LogP contribution in [0.4, 0.5) is 13.2 Å². The largest absolute Gasteiger partial charge is 0.431 e. The van der Waals surface area contributed by atoms with E-state index in [1.54, 1.807) is 14.1 Å². The predicted molar refractivity (Wildman–Crippen MR) is 58.4 cm³/mol. The summed E-state index contributed by atoms with van der Waals surface area (Å²) in [7, 11) is 3.19. The van der Waals surface area contributed by atoms with Crippen molar-refractivity contribution in [1.29, 1.82) is 0 Å². The molecule has 0 N–H and O–H groups in total. The van der Waals surface area contributed by atoms with Crippen molar-refractivity contribution in [3.8, 4) is 5.75 Å². The number of hydrogen-bond donors (Lipinski definition) is 0. The summed E-state index contributed by atoms with van der Waals surface area (Å²) >= 11 is 4.78. The Hall–Kier alpha value is -1.30. The molecule has 0 amide bonds. The summed E-state index contributed by atoms with van der Waals surface area (Å²) in [5.74, 6) is -0.284. The molecule has 0 fully saturated rings. The van der Waals surface area contributed by atoms with Gasteiger partial charge < -0.3 is 9.64 Å². The third kappa shape index (κ3) is 3.10. The van der Waals surface area contributed by atoms with Crippen LogP contribution in [0, 0.1) is 0 Å². The number of alkyl halides is 3. The SMILES string of the molecule is CN(C)C(=S)Oc1ccccc1C(F)(F)F. The van der Waals surface area contributed by atoms with Crippen LogP contribution in [0.2, 0.25) is 0 Å². The Morgan fingerprint density at radius 3 is 2.31 bits per heavy atom. The quantitative estimate of drug-likeness (QED) is 0.710. The number of ether oxygens (including phenoxy) is 1. The third-order valence-electron chi connectivity index (χ3n) is 1.75. The van der Waals surface area contributed by atoms with E-state index in [-0.39, 0.29) is 10.9 Å². The molecule has 1 aromatic rings. The van der Waals surface area contributed by atoms with Crippen LogP contribution in [0.1, 0.15) is 5.56 Å². The lowest BCUT2D eigenvalue weighted by molar-refractivity contribution is -0.138. The molecule has 1 rings (SSSR count). The molecule has 1 aromatic carbocycles. The van der Waals surface area contributed by atoms with Gasteiger partial charge >= 0.3 is 6.18 Å². The molecule has 0 aromatic heterocycles. The molecule has 2 nitrogen and oxygen atoms in total. The van der Waals surface area contributed by atoms with Crippen LogP contribution in [0.15, 0.2) is 24.3 Å². The number of nitrogens with zero attached hydrogens (tertiary/aromatic N) is 1. The smallest absolute Gasteiger partial charge is 0.419 e. The van der Waals surface area contributed by atoms with Crippen molar-refractivity contribution in [1.82, 2.24) is 4.90 Å². The van der Waals surface area contributed by atoms with Gasteiger partial charge in [-0.15, -0.1) is 0 Å². The van der Waals surface area contributed by atoms with E-state index >= 15 is 0 Å². The lowest BCUT2D eigenvalue weighted by Crippen LogP contribution is -2.26. The van der Waals surface area contributed by atoms with Gasteiger partial charge in [-0.05, 0) is 24.4 Å². The van der Waals surface area contributed by atoms with Crippen LogP contribution < -0.4 is 4.74 Å². The average Bonchev–Trinajstić information content (AvgIpc) is 2.16. The number of thiocarbonyl (C=S) groups is 1. The normalized spacial score (nSPS) is 11.1. The molecule has 0 aliphatic heterocycles. The van der Waals surface area contributed by atoms with E-state index in [0.717, 1.165) is 6.07 Å². The highest BCUT2D eigenvalue weighted by molar-refractivity contribution is 7.80. The van der Waals surface area contributed by atoms with Crippen molar-refractivity contribution in [2.45, 2.75) is 6.18 Å². The first-order valence-corrected chi connectivity index (χ1v) is 4.78. The van der Waals surface area contributed by atoms with Crippen molar-refractivity contribution >= 4 is 17.4 Å². The summed E-state index contributed by atoms with van der Waals surface area (Å²) in [6, 6.07) is 4.95. The topological polar surface area (TPSA) is 12.5 Å². The standard InChI is InChI=1S/C10H10F3NOS/c1-14(2)9(16)15-8-6-4-3-5-7(8)10(11,12)13/h3-6H,1-2H3. The van der Waals surface area contributed by atoms with E-state index in [4.69, 9.17) is 17.0 Å². The van der Waals surface area contributed by atoms with Gasteiger partial charge in [0.25, 0.3) is 5.17 Å². The fourth-order valence-corrected chi connectivity index (χ4v) is 1.06. The molecule has 0 atom stereocenters. The van der Waals surface area contributed by atoms with E-state index in [1.807, 2.05) is 0 Å². The Morgan fingerprint density at radius 1 is 1.25 bits per heavy atom. The third-order valence-corrected chi connectivity index (χ3v) is 2.20. The molecular weight excluding hydrogens is 239 g/mol. The summed E-state index contributed by atoms with van der Waals surface area (Å²) in [4.78, 5) is 1.42. The first kappa shape index (κ1) is 12.8. The summed E-state index contributed by atoms with van der Waals surface area (Å²) in [6.45, 7) is 0. The van der Waals surface area contributed by atoms with Crippen LogP contribution in [-0.2, 0) is 6.18 Å². The molecule has 0 heterocycles. The van der Waals surface area contributed by atoms with Crippen molar-refractivity contribution < 1.29 is 17.9 Å². The zero-order valence-electron chi connectivity index (χ0n) is 8.71. The molecule has 0 bridgehead atoms. The van der Waals surface area contributed by atoms with Gasteiger partial charge in [0, 0.05) is 14.1 Å². The van der Waals surface area contributed by atoms with Crippen LogP contribution in [0.3, 0.4) is 0 Å². The lowest BCUT2D eigenvalue weighted by atomic mass is 10.2.